The topological polar surface area (TPSA) is 74.6 Å². The second-order valence-corrected chi connectivity index (χ2v) is 4.90. The van der Waals surface area contributed by atoms with Gasteiger partial charge >= 0.3 is 41.5 Å². The Balaban J connectivity index is -0.00000144. The first-order valence-corrected chi connectivity index (χ1v) is 7.02. The SMILES string of the molecule is CCCCCCCCCCC(CC(=O)O)C(=O)O.[H-].[Na+]. The van der Waals surface area contributed by atoms with Crippen LogP contribution in [-0.2, 0) is 9.59 Å². The molecule has 0 aliphatic carbocycles. The quantitative estimate of drug-likeness (QED) is 0.410. The Hall–Kier alpha value is -0.0600. The summed E-state index contributed by atoms with van der Waals surface area (Å²) in [6.45, 7) is 2.19. The van der Waals surface area contributed by atoms with E-state index in [0.29, 0.717) is 6.42 Å². The number of carboxylic acid groups (broad SMARTS) is 2. The molecule has 1 atom stereocenters. The molecule has 5 heteroatoms. The maximum atomic E-state index is 10.8. The van der Waals surface area contributed by atoms with E-state index in [2.05, 4.69) is 6.92 Å². The van der Waals surface area contributed by atoms with E-state index in [1.54, 1.807) is 0 Å². The molecule has 108 valence electrons. The van der Waals surface area contributed by atoms with Crippen LogP contribution in [0.3, 0.4) is 0 Å². The molecule has 0 bridgehead atoms. The van der Waals surface area contributed by atoms with Crippen LogP contribution in [0.5, 0.6) is 0 Å². The maximum Gasteiger partial charge on any atom is 1.00 e. The summed E-state index contributed by atoms with van der Waals surface area (Å²) in [4.78, 5) is 21.3. The number of hydrogen-bond donors (Lipinski definition) is 2. The Morgan fingerprint density at radius 2 is 1.42 bits per heavy atom. The van der Waals surface area contributed by atoms with Crippen molar-refractivity contribution in [3.8, 4) is 0 Å². The molecule has 0 aromatic carbocycles. The van der Waals surface area contributed by atoms with Crippen molar-refractivity contribution in [1.29, 1.82) is 0 Å². The molecule has 0 amide bonds. The van der Waals surface area contributed by atoms with Gasteiger partial charge in [0.05, 0.1) is 12.3 Å². The average molecular weight is 282 g/mol. The van der Waals surface area contributed by atoms with E-state index in [0.717, 1.165) is 19.3 Å². The maximum absolute atomic E-state index is 10.8. The van der Waals surface area contributed by atoms with Crippen molar-refractivity contribution < 1.29 is 50.8 Å². The number of unbranched alkanes of at least 4 members (excludes halogenated alkanes) is 7. The first-order chi connectivity index (χ1) is 8.57. The van der Waals surface area contributed by atoms with Gasteiger partial charge in [0.15, 0.2) is 0 Å². The van der Waals surface area contributed by atoms with E-state index in [1.807, 2.05) is 0 Å². The normalized spacial score (nSPS) is 11.6. The van der Waals surface area contributed by atoms with Crippen LogP contribution in [0, 0.1) is 5.92 Å². The minimum absolute atomic E-state index is 0. The molecular formula is C14H27NaO4. The van der Waals surface area contributed by atoms with Crippen molar-refractivity contribution in [3.63, 3.8) is 0 Å². The molecule has 0 spiro atoms. The predicted octanol–water partition coefficient (Wildman–Crippen LogP) is 0.809. The van der Waals surface area contributed by atoms with Gasteiger partial charge < -0.3 is 11.6 Å². The second kappa shape index (κ2) is 14.4. The van der Waals surface area contributed by atoms with E-state index < -0.39 is 17.9 Å². The Bertz CT molecular complexity index is 249. The summed E-state index contributed by atoms with van der Waals surface area (Å²) in [5, 5.41) is 17.5. The van der Waals surface area contributed by atoms with Gasteiger partial charge in [-0.15, -0.1) is 0 Å². The number of carboxylic acids is 2. The van der Waals surface area contributed by atoms with Gasteiger partial charge in [-0.05, 0) is 6.42 Å². The van der Waals surface area contributed by atoms with Crippen molar-refractivity contribution in [2.45, 2.75) is 71.1 Å². The van der Waals surface area contributed by atoms with Gasteiger partial charge in [0.2, 0.25) is 0 Å². The third kappa shape index (κ3) is 14.2. The van der Waals surface area contributed by atoms with Crippen LogP contribution in [-0.4, -0.2) is 22.2 Å². The summed E-state index contributed by atoms with van der Waals surface area (Å²) in [6.07, 6.45) is 9.46. The molecule has 0 radical (unpaired) electrons. The molecule has 0 aliphatic rings. The van der Waals surface area contributed by atoms with Crippen LogP contribution < -0.4 is 29.6 Å². The Kier molecular flexibility index (Phi) is 16.0. The van der Waals surface area contributed by atoms with Gasteiger partial charge in [-0.25, -0.2) is 0 Å². The molecule has 0 aromatic rings. The molecule has 0 fully saturated rings. The smallest absolute Gasteiger partial charge is 1.00 e. The van der Waals surface area contributed by atoms with Crippen LogP contribution in [0.15, 0.2) is 0 Å². The fourth-order valence-corrected chi connectivity index (χ4v) is 2.05. The molecular weight excluding hydrogens is 255 g/mol. The second-order valence-electron chi connectivity index (χ2n) is 4.90. The Labute approximate surface area is 139 Å². The first-order valence-electron chi connectivity index (χ1n) is 7.02. The van der Waals surface area contributed by atoms with Crippen molar-refractivity contribution in [3.05, 3.63) is 0 Å². The van der Waals surface area contributed by atoms with Gasteiger partial charge in [0, 0.05) is 0 Å². The van der Waals surface area contributed by atoms with Crippen LogP contribution in [0.4, 0.5) is 0 Å². The number of aliphatic carboxylic acids is 2. The summed E-state index contributed by atoms with van der Waals surface area (Å²) in [6, 6.07) is 0. The van der Waals surface area contributed by atoms with Crippen LogP contribution in [0.1, 0.15) is 72.6 Å². The monoisotopic (exact) mass is 282 g/mol. The standard InChI is InChI=1S/C14H26O4.Na.H/c1-2-3-4-5-6-7-8-9-10-12(14(17)18)11-13(15)16;;/h12H,2-11H2,1H3,(H,15,16)(H,17,18);;/q;+1;-1. The minimum atomic E-state index is -1.03. The number of carbonyl (C=O) groups is 2. The Morgan fingerprint density at radius 1 is 0.947 bits per heavy atom. The third-order valence-electron chi connectivity index (χ3n) is 3.18. The van der Waals surface area contributed by atoms with Gasteiger partial charge in [-0.3, -0.25) is 9.59 Å². The fraction of sp³-hybridized carbons (Fsp3) is 0.857. The van der Waals surface area contributed by atoms with Crippen molar-refractivity contribution >= 4 is 11.9 Å². The largest absolute Gasteiger partial charge is 1.00 e. The van der Waals surface area contributed by atoms with E-state index in [-0.39, 0.29) is 37.4 Å². The summed E-state index contributed by atoms with van der Waals surface area (Å²) < 4.78 is 0. The molecule has 4 nitrogen and oxygen atoms in total. The number of hydrogen-bond acceptors (Lipinski definition) is 2. The van der Waals surface area contributed by atoms with Crippen LogP contribution in [0.2, 0.25) is 0 Å². The molecule has 0 aromatic heterocycles. The first kappa shape index (κ1) is 21.2. The van der Waals surface area contributed by atoms with Gasteiger partial charge in [-0.1, -0.05) is 58.3 Å². The average Bonchev–Trinajstić information content (AvgIpc) is 2.30. The molecule has 0 rings (SSSR count). The van der Waals surface area contributed by atoms with Crippen molar-refractivity contribution in [2.75, 3.05) is 0 Å². The minimum Gasteiger partial charge on any atom is -1.00 e. The zero-order valence-electron chi connectivity index (χ0n) is 13.4. The van der Waals surface area contributed by atoms with Gasteiger partial charge in [0.1, 0.15) is 0 Å². The zero-order valence-corrected chi connectivity index (χ0v) is 14.4. The summed E-state index contributed by atoms with van der Waals surface area (Å²) in [5.41, 5.74) is 0. The summed E-state index contributed by atoms with van der Waals surface area (Å²) in [5.74, 6) is -2.73. The summed E-state index contributed by atoms with van der Waals surface area (Å²) >= 11 is 0. The molecule has 0 heterocycles. The molecule has 0 saturated carbocycles. The van der Waals surface area contributed by atoms with Crippen molar-refractivity contribution in [2.24, 2.45) is 5.92 Å². The van der Waals surface area contributed by atoms with Crippen molar-refractivity contribution in [1.82, 2.24) is 0 Å². The van der Waals surface area contributed by atoms with E-state index >= 15 is 0 Å². The van der Waals surface area contributed by atoms with Crippen LogP contribution >= 0.6 is 0 Å². The molecule has 0 aliphatic heterocycles. The molecule has 2 N–H and O–H groups in total. The molecule has 1 unspecified atom stereocenters. The van der Waals surface area contributed by atoms with Gasteiger partial charge in [-0.2, -0.15) is 0 Å². The predicted molar refractivity (Wildman–Crippen MR) is 71.7 cm³/mol. The van der Waals surface area contributed by atoms with E-state index in [4.69, 9.17) is 10.2 Å². The zero-order chi connectivity index (χ0) is 13.8. The Morgan fingerprint density at radius 3 is 1.84 bits per heavy atom. The number of rotatable bonds is 12. The fourth-order valence-electron chi connectivity index (χ4n) is 2.05. The third-order valence-corrected chi connectivity index (χ3v) is 3.18. The van der Waals surface area contributed by atoms with E-state index in [9.17, 15) is 9.59 Å². The summed E-state index contributed by atoms with van der Waals surface area (Å²) in [7, 11) is 0. The molecule has 0 saturated heterocycles. The van der Waals surface area contributed by atoms with Gasteiger partial charge in [0.25, 0.3) is 0 Å². The molecule has 19 heavy (non-hydrogen) atoms. The van der Waals surface area contributed by atoms with Crippen LogP contribution in [0.25, 0.3) is 0 Å². The van der Waals surface area contributed by atoms with E-state index in [1.165, 1.54) is 32.1 Å².